The van der Waals surface area contributed by atoms with Gasteiger partial charge in [-0.05, 0) is 12.8 Å². The van der Waals surface area contributed by atoms with Crippen molar-refractivity contribution in [3.63, 3.8) is 0 Å². The van der Waals surface area contributed by atoms with E-state index in [1.165, 1.54) is 0 Å². The molecule has 0 aromatic carbocycles. The number of aromatic nitrogens is 2. The Morgan fingerprint density at radius 2 is 2.19 bits per heavy atom. The second-order valence-electron chi connectivity index (χ2n) is 5.78. The molecule has 0 aliphatic carbocycles. The number of hydrogen-bond donors (Lipinski definition) is 0. The van der Waals surface area contributed by atoms with Crippen LogP contribution < -0.4 is 4.90 Å². The van der Waals surface area contributed by atoms with Crippen molar-refractivity contribution in [3.05, 3.63) is 12.4 Å². The third kappa shape index (κ3) is 2.96. The van der Waals surface area contributed by atoms with Gasteiger partial charge in [0.05, 0.1) is 29.4 Å². The Labute approximate surface area is 124 Å². The summed E-state index contributed by atoms with van der Waals surface area (Å²) in [5.74, 6) is 0.297. The lowest BCUT2D eigenvalue weighted by Gasteiger charge is -2.34. The predicted molar refractivity (Wildman–Crippen MR) is 78.8 cm³/mol. The lowest BCUT2D eigenvalue weighted by atomic mass is 10.2. The van der Waals surface area contributed by atoms with E-state index in [1.54, 1.807) is 15.8 Å². The SMILES string of the molecule is Cn1cc(N2CCN(CC3CCCS3(=O)=O)CC2=O)cn1. The highest BCUT2D eigenvalue weighted by atomic mass is 32.2. The molecule has 1 unspecified atom stereocenters. The van der Waals surface area contributed by atoms with Crippen LogP contribution in [-0.4, -0.2) is 66.2 Å². The van der Waals surface area contributed by atoms with Crippen LogP contribution in [0.3, 0.4) is 0 Å². The Kier molecular flexibility index (Phi) is 3.75. The molecule has 116 valence electrons. The van der Waals surface area contributed by atoms with Crippen LogP contribution >= 0.6 is 0 Å². The van der Waals surface area contributed by atoms with Crippen LogP contribution in [-0.2, 0) is 21.7 Å². The van der Waals surface area contributed by atoms with Crippen molar-refractivity contribution in [1.82, 2.24) is 14.7 Å². The minimum atomic E-state index is -2.95. The molecule has 21 heavy (non-hydrogen) atoms. The summed E-state index contributed by atoms with van der Waals surface area (Å²) in [4.78, 5) is 15.9. The van der Waals surface area contributed by atoms with E-state index in [4.69, 9.17) is 0 Å². The normalized spacial score (nSPS) is 26.4. The summed E-state index contributed by atoms with van der Waals surface area (Å²) < 4.78 is 25.4. The highest BCUT2D eigenvalue weighted by Crippen LogP contribution is 2.22. The first-order valence-corrected chi connectivity index (χ1v) is 8.90. The van der Waals surface area contributed by atoms with Gasteiger partial charge in [0.25, 0.3) is 0 Å². The predicted octanol–water partition coefficient (Wildman–Crippen LogP) is -0.354. The molecule has 7 nitrogen and oxygen atoms in total. The van der Waals surface area contributed by atoms with Crippen molar-refractivity contribution in [1.29, 1.82) is 0 Å². The molecule has 8 heteroatoms. The van der Waals surface area contributed by atoms with Crippen LogP contribution in [0.25, 0.3) is 0 Å². The molecular formula is C13H20N4O3S. The first-order valence-electron chi connectivity index (χ1n) is 7.18. The van der Waals surface area contributed by atoms with Crippen molar-refractivity contribution in [3.8, 4) is 0 Å². The third-order valence-corrected chi connectivity index (χ3v) is 6.49. The lowest BCUT2D eigenvalue weighted by molar-refractivity contribution is -0.121. The van der Waals surface area contributed by atoms with Crippen molar-refractivity contribution in [2.45, 2.75) is 18.1 Å². The van der Waals surface area contributed by atoms with E-state index in [2.05, 4.69) is 5.10 Å². The van der Waals surface area contributed by atoms with Gasteiger partial charge in [0.2, 0.25) is 5.91 Å². The van der Waals surface area contributed by atoms with Gasteiger partial charge in [0, 0.05) is 32.9 Å². The minimum Gasteiger partial charge on any atom is -0.307 e. The number of carbonyl (C=O) groups is 1. The highest BCUT2D eigenvalue weighted by molar-refractivity contribution is 7.92. The topological polar surface area (TPSA) is 75.5 Å². The van der Waals surface area contributed by atoms with Gasteiger partial charge >= 0.3 is 0 Å². The van der Waals surface area contributed by atoms with Crippen molar-refractivity contribution >= 4 is 21.4 Å². The maximum atomic E-state index is 12.2. The van der Waals surface area contributed by atoms with Crippen LogP contribution in [0.15, 0.2) is 12.4 Å². The number of sulfone groups is 1. The van der Waals surface area contributed by atoms with E-state index >= 15 is 0 Å². The molecule has 2 aliphatic rings. The number of piperazine rings is 1. The van der Waals surface area contributed by atoms with Gasteiger partial charge in [-0.25, -0.2) is 8.42 Å². The molecule has 0 saturated carbocycles. The van der Waals surface area contributed by atoms with E-state index in [-0.39, 0.29) is 17.7 Å². The Balaban J connectivity index is 1.62. The zero-order valence-electron chi connectivity index (χ0n) is 12.1. The van der Waals surface area contributed by atoms with E-state index in [9.17, 15) is 13.2 Å². The van der Waals surface area contributed by atoms with Gasteiger partial charge in [-0.2, -0.15) is 5.10 Å². The van der Waals surface area contributed by atoms with Crippen LogP contribution in [0.5, 0.6) is 0 Å². The second-order valence-corrected chi connectivity index (χ2v) is 8.18. The zero-order chi connectivity index (χ0) is 15.0. The molecule has 0 spiro atoms. The average Bonchev–Trinajstić information content (AvgIpc) is 2.97. The summed E-state index contributed by atoms with van der Waals surface area (Å²) >= 11 is 0. The van der Waals surface area contributed by atoms with Crippen LogP contribution in [0.2, 0.25) is 0 Å². The number of aryl methyl sites for hydroxylation is 1. The first-order chi connectivity index (χ1) is 9.95. The molecule has 3 rings (SSSR count). The standard InChI is InChI=1S/C13H20N4O3S/c1-15-8-11(7-14-15)17-5-4-16(10-13(17)18)9-12-3-2-6-21(12,19)20/h7-8,12H,2-6,9-10H2,1H3. The van der Waals surface area contributed by atoms with Gasteiger partial charge in [-0.3, -0.25) is 14.4 Å². The fourth-order valence-corrected chi connectivity index (χ4v) is 4.92. The van der Waals surface area contributed by atoms with Gasteiger partial charge in [-0.1, -0.05) is 0 Å². The largest absolute Gasteiger partial charge is 0.307 e. The Morgan fingerprint density at radius 1 is 1.38 bits per heavy atom. The third-order valence-electron chi connectivity index (χ3n) is 4.23. The molecule has 2 aliphatic heterocycles. The number of rotatable bonds is 3. The van der Waals surface area contributed by atoms with E-state index in [0.29, 0.717) is 25.4 Å². The van der Waals surface area contributed by atoms with Crippen LogP contribution in [0.1, 0.15) is 12.8 Å². The van der Waals surface area contributed by atoms with E-state index in [1.807, 2.05) is 18.1 Å². The zero-order valence-corrected chi connectivity index (χ0v) is 12.9. The summed E-state index contributed by atoms with van der Waals surface area (Å²) in [6.45, 7) is 2.04. The Morgan fingerprint density at radius 3 is 2.76 bits per heavy atom. The molecule has 1 atom stereocenters. The van der Waals surface area contributed by atoms with Crippen molar-refractivity contribution < 1.29 is 13.2 Å². The van der Waals surface area contributed by atoms with Gasteiger partial charge < -0.3 is 4.90 Å². The van der Waals surface area contributed by atoms with Gasteiger partial charge in [0.15, 0.2) is 9.84 Å². The molecule has 0 N–H and O–H groups in total. The van der Waals surface area contributed by atoms with Gasteiger partial charge in [-0.15, -0.1) is 0 Å². The number of nitrogens with zero attached hydrogens (tertiary/aromatic N) is 4. The maximum absolute atomic E-state index is 12.2. The summed E-state index contributed by atoms with van der Waals surface area (Å²) in [7, 11) is -1.13. The Bertz CT molecular complexity index is 640. The number of amides is 1. The summed E-state index contributed by atoms with van der Waals surface area (Å²) in [6.07, 6.45) is 4.96. The number of anilines is 1. The molecule has 3 heterocycles. The number of carbonyl (C=O) groups excluding carboxylic acids is 1. The molecule has 1 amide bonds. The fraction of sp³-hybridized carbons (Fsp3) is 0.692. The number of hydrogen-bond acceptors (Lipinski definition) is 5. The molecule has 1 aromatic rings. The highest BCUT2D eigenvalue weighted by Gasteiger charge is 2.35. The summed E-state index contributed by atoms with van der Waals surface area (Å²) in [5, 5.41) is 3.78. The molecule has 2 fully saturated rings. The summed E-state index contributed by atoms with van der Waals surface area (Å²) in [5.41, 5.74) is 0.802. The van der Waals surface area contributed by atoms with Gasteiger partial charge in [0.1, 0.15) is 0 Å². The van der Waals surface area contributed by atoms with Crippen molar-refractivity contribution in [2.75, 3.05) is 36.8 Å². The second kappa shape index (κ2) is 5.42. The molecule has 1 aromatic heterocycles. The maximum Gasteiger partial charge on any atom is 0.241 e. The molecule has 2 saturated heterocycles. The minimum absolute atomic E-state index is 0.00430. The smallest absolute Gasteiger partial charge is 0.241 e. The van der Waals surface area contributed by atoms with Crippen molar-refractivity contribution in [2.24, 2.45) is 7.05 Å². The fourth-order valence-electron chi connectivity index (χ4n) is 3.05. The Hall–Kier alpha value is -1.41. The monoisotopic (exact) mass is 312 g/mol. The molecule has 0 bridgehead atoms. The van der Waals surface area contributed by atoms with Crippen LogP contribution in [0.4, 0.5) is 5.69 Å². The first kappa shape index (κ1) is 14.5. The lowest BCUT2D eigenvalue weighted by Crippen LogP contribution is -2.52. The average molecular weight is 312 g/mol. The van der Waals surface area contributed by atoms with E-state index < -0.39 is 9.84 Å². The van der Waals surface area contributed by atoms with Crippen LogP contribution in [0, 0.1) is 0 Å². The molecular weight excluding hydrogens is 292 g/mol. The molecule has 0 radical (unpaired) electrons. The summed E-state index contributed by atoms with van der Waals surface area (Å²) in [6, 6.07) is 0. The van der Waals surface area contributed by atoms with E-state index in [0.717, 1.165) is 18.5 Å². The quantitative estimate of drug-likeness (QED) is 0.762.